The normalized spacial score (nSPS) is 23.1. The van der Waals surface area contributed by atoms with Gasteiger partial charge in [0, 0.05) is 43.7 Å². The summed E-state index contributed by atoms with van der Waals surface area (Å²) in [6.45, 7) is 8.34. The molecule has 0 saturated carbocycles. The van der Waals surface area contributed by atoms with Crippen LogP contribution < -0.4 is 5.32 Å². The second kappa shape index (κ2) is 6.77. The van der Waals surface area contributed by atoms with Crippen LogP contribution >= 0.6 is 11.8 Å². The van der Waals surface area contributed by atoms with Gasteiger partial charge in [0.25, 0.3) is 0 Å². The van der Waals surface area contributed by atoms with E-state index in [4.69, 9.17) is 4.74 Å². The van der Waals surface area contributed by atoms with E-state index in [1.807, 2.05) is 37.4 Å². The van der Waals surface area contributed by atoms with Crippen LogP contribution in [0.3, 0.4) is 0 Å². The molecule has 0 radical (unpaired) electrons. The summed E-state index contributed by atoms with van der Waals surface area (Å²) in [6.07, 6.45) is 0.488. The Hall–Kier alpha value is -1.11. The van der Waals surface area contributed by atoms with Crippen molar-refractivity contribution in [2.75, 3.05) is 37.7 Å². The molecule has 2 rings (SSSR count). The van der Waals surface area contributed by atoms with Crippen molar-refractivity contribution in [3.05, 3.63) is 0 Å². The van der Waals surface area contributed by atoms with Crippen molar-refractivity contribution in [1.29, 1.82) is 0 Å². The highest BCUT2D eigenvalue weighted by Gasteiger charge is 2.31. The lowest BCUT2D eigenvalue weighted by atomic mass is 10.2. The van der Waals surface area contributed by atoms with Crippen molar-refractivity contribution in [2.45, 2.75) is 38.8 Å². The molecule has 1 atom stereocenters. The molecule has 3 amide bonds. The summed E-state index contributed by atoms with van der Waals surface area (Å²) >= 11 is 1.88. The minimum atomic E-state index is -0.482. The zero-order chi connectivity index (χ0) is 15.5. The van der Waals surface area contributed by atoms with Crippen molar-refractivity contribution in [3.63, 3.8) is 0 Å². The summed E-state index contributed by atoms with van der Waals surface area (Å²) in [5.41, 5.74) is -0.482. The van der Waals surface area contributed by atoms with Crippen molar-refractivity contribution in [1.82, 2.24) is 15.1 Å². The first-order valence-electron chi connectivity index (χ1n) is 7.46. The van der Waals surface area contributed by atoms with Gasteiger partial charge in [-0.2, -0.15) is 11.8 Å². The molecule has 2 saturated heterocycles. The molecular formula is C14H25N3O3S. The SMILES string of the molecule is CC(C)(C)OC(=O)N1CC[C@@H](NC(=O)N2CCSCC2)C1. The van der Waals surface area contributed by atoms with E-state index in [2.05, 4.69) is 5.32 Å². The second-order valence-corrected chi connectivity index (χ2v) is 7.69. The third-order valence-corrected chi connectivity index (χ3v) is 4.41. The molecule has 2 fully saturated rings. The fourth-order valence-electron chi connectivity index (χ4n) is 2.40. The lowest BCUT2D eigenvalue weighted by molar-refractivity contribution is 0.0291. The highest BCUT2D eigenvalue weighted by atomic mass is 32.2. The third-order valence-electron chi connectivity index (χ3n) is 3.47. The molecule has 120 valence electrons. The smallest absolute Gasteiger partial charge is 0.410 e. The number of nitrogens with one attached hydrogen (secondary N) is 1. The minimum absolute atomic E-state index is 0.00802. The van der Waals surface area contributed by atoms with Crippen LogP contribution in [0.4, 0.5) is 9.59 Å². The summed E-state index contributed by atoms with van der Waals surface area (Å²) in [5.74, 6) is 2.00. The molecular weight excluding hydrogens is 290 g/mol. The summed E-state index contributed by atoms with van der Waals surface area (Å²) < 4.78 is 5.35. The fourth-order valence-corrected chi connectivity index (χ4v) is 3.31. The minimum Gasteiger partial charge on any atom is -0.444 e. The van der Waals surface area contributed by atoms with E-state index in [-0.39, 0.29) is 18.2 Å². The molecule has 6 nitrogen and oxygen atoms in total. The fraction of sp³-hybridized carbons (Fsp3) is 0.857. The number of ether oxygens (including phenoxy) is 1. The van der Waals surface area contributed by atoms with E-state index >= 15 is 0 Å². The van der Waals surface area contributed by atoms with Crippen LogP contribution in [0, 0.1) is 0 Å². The van der Waals surface area contributed by atoms with Gasteiger partial charge in [0.05, 0.1) is 0 Å². The predicted molar refractivity (Wildman–Crippen MR) is 83.6 cm³/mol. The lowest BCUT2D eigenvalue weighted by Gasteiger charge is -2.28. The van der Waals surface area contributed by atoms with Crippen LogP contribution in [0.1, 0.15) is 27.2 Å². The van der Waals surface area contributed by atoms with E-state index in [1.165, 1.54) is 0 Å². The molecule has 7 heteroatoms. The summed E-state index contributed by atoms with van der Waals surface area (Å²) in [7, 11) is 0. The molecule has 0 aliphatic carbocycles. The summed E-state index contributed by atoms with van der Waals surface area (Å²) in [6, 6.07) is 0.0194. The standard InChI is InChI=1S/C14H25N3O3S/c1-14(2,3)20-13(19)17-5-4-11(10-17)15-12(18)16-6-8-21-9-7-16/h11H,4-10H2,1-3H3,(H,15,18)/t11-/m1/s1. The van der Waals surface area contributed by atoms with Crippen LogP contribution in [0.15, 0.2) is 0 Å². The largest absolute Gasteiger partial charge is 0.444 e. The van der Waals surface area contributed by atoms with E-state index in [1.54, 1.807) is 4.90 Å². The summed E-state index contributed by atoms with van der Waals surface area (Å²) in [5, 5.41) is 3.02. The highest BCUT2D eigenvalue weighted by Crippen LogP contribution is 2.16. The Morgan fingerprint density at radius 3 is 2.43 bits per heavy atom. The molecule has 0 aromatic carbocycles. The van der Waals surface area contributed by atoms with Crippen LogP contribution in [0.5, 0.6) is 0 Å². The van der Waals surface area contributed by atoms with Crippen LogP contribution in [-0.4, -0.2) is 71.3 Å². The Kier molecular flexibility index (Phi) is 5.24. The van der Waals surface area contributed by atoms with E-state index in [0.29, 0.717) is 13.1 Å². The molecule has 2 aliphatic heterocycles. The van der Waals surface area contributed by atoms with Crippen LogP contribution in [0.25, 0.3) is 0 Å². The number of thioether (sulfide) groups is 1. The van der Waals surface area contributed by atoms with Gasteiger partial charge in [0.2, 0.25) is 0 Å². The maximum atomic E-state index is 12.1. The zero-order valence-corrected chi connectivity index (χ0v) is 13.9. The van der Waals surface area contributed by atoms with Crippen molar-refractivity contribution in [2.24, 2.45) is 0 Å². The Morgan fingerprint density at radius 1 is 1.14 bits per heavy atom. The first-order valence-corrected chi connectivity index (χ1v) is 8.62. The number of carbonyl (C=O) groups excluding carboxylic acids is 2. The number of likely N-dealkylation sites (tertiary alicyclic amines) is 1. The Bertz CT molecular complexity index is 391. The van der Waals surface area contributed by atoms with Crippen LogP contribution in [-0.2, 0) is 4.74 Å². The summed E-state index contributed by atoms with van der Waals surface area (Å²) in [4.78, 5) is 27.6. The van der Waals surface area contributed by atoms with Crippen molar-refractivity contribution < 1.29 is 14.3 Å². The van der Waals surface area contributed by atoms with Gasteiger partial charge < -0.3 is 19.9 Å². The van der Waals surface area contributed by atoms with Gasteiger partial charge in [-0.25, -0.2) is 9.59 Å². The average molecular weight is 315 g/mol. The molecule has 0 bridgehead atoms. The number of nitrogens with zero attached hydrogens (tertiary/aromatic N) is 2. The maximum Gasteiger partial charge on any atom is 0.410 e. The number of rotatable bonds is 1. The van der Waals surface area contributed by atoms with Gasteiger partial charge in [-0.05, 0) is 27.2 Å². The predicted octanol–water partition coefficient (Wildman–Crippen LogP) is 1.75. The molecule has 21 heavy (non-hydrogen) atoms. The molecule has 2 heterocycles. The zero-order valence-electron chi connectivity index (χ0n) is 13.1. The second-order valence-electron chi connectivity index (χ2n) is 6.46. The molecule has 2 aliphatic rings. The number of amides is 3. The number of urea groups is 1. The number of carbonyl (C=O) groups is 2. The first kappa shape index (κ1) is 16.3. The van der Waals surface area contributed by atoms with Gasteiger partial charge in [0.15, 0.2) is 0 Å². The Labute approximate surface area is 130 Å². The molecule has 1 N–H and O–H groups in total. The molecule has 0 unspecified atom stereocenters. The van der Waals surface area contributed by atoms with Gasteiger partial charge >= 0.3 is 12.1 Å². The number of hydrogen-bond donors (Lipinski definition) is 1. The van der Waals surface area contributed by atoms with E-state index < -0.39 is 5.60 Å². The molecule has 0 aromatic heterocycles. The van der Waals surface area contributed by atoms with Gasteiger partial charge in [-0.1, -0.05) is 0 Å². The van der Waals surface area contributed by atoms with Crippen molar-refractivity contribution in [3.8, 4) is 0 Å². The highest BCUT2D eigenvalue weighted by molar-refractivity contribution is 7.99. The van der Waals surface area contributed by atoms with E-state index in [9.17, 15) is 9.59 Å². The maximum absolute atomic E-state index is 12.1. The van der Waals surface area contributed by atoms with Gasteiger partial charge in [0.1, 0.15) is 5.60 Å². The molecule has 0 spiro atoms. The van der Waals surface area contributed by atoms with Gasteiger partial charge in [-0.15, -0.1) is 0 Å². The first-order chi connectivity index (χ1) is 9.85. The average Bonchev–Trinajstić information content (AvgIpc) is 2.86. The molecule has 0 aromatic rings. The number of hydrogen-bond acceptors (Lipinski definition) is 4. The van der Waals surface area contributed by atoms with Gasteiger partial charge in [-0.3, -0.25) is 0 Å². The van der Waals surface area contributed by atoms with E-state index in [0.717, 1.165) is 31.0 Å². The quantitative estimate of drug-likeness (QED) is 0.801. The third kappa shape index (κ3) is 4.98. The monoisotopic (exact) mass is 315 g/mol. The van der Waals surface area contributed by atoms with Crippen LogP contribution in [0.2, 0.25) is 0 Å². The topological polar surface area (TPSA) is 61.9 Å². The Morgan fingerprint density at radius 2 is 1.81 bits per heavy atom. The Balaban J connectivity index is 1.77. The van der Waals surface area contributed by atoms with Crippen molar-refractivity contribution >= 4 is 23.9 Å². The lowest BCUT2D eigenvalue weighted by Crippen LogP contribution is -2.48.